The number of nitrogens with zero attached hydrogens (tertiary/aromatic N) is 4. The van der Waals surface area contributed by atoms with Crippen molar-refractivity contribution in [3.05, 3.63) is 71.8 Å². The molecule has 0 spiro atoms. The summed E-state index contributed by atoms with van der Waals surface area (Å²) in [6, 6.07) is 18.7. The fourth-order valence-corrected chi connectivity index (χ4v) is 8.38. The van der Waals surface area contributed by atoms with Crippen molar-refractivity contribution in [1.82, 2.24) is 40.9 Å². The lowest BCUT2D eigenvalue weighted by Gasteiger charge is -2.37. The first kappa shape index (κ1) is 64.4. The molecule has 2 heterocycles. The van der Waals surface area contributed by atoms with Gasteiger partial charge < -0.3 is 31.1 Å². The van der Waals surface area contributed by atoms with Crippen molar-refractivity contribution in [3.63, 3.8) is 0 Å². The van der Waals surface area contributed by atoms with E-state index in [2.05, 4.69) is 103 Å². The number of hydrogen-bond donors (Lipinski definition) is 4. The van der Waals surface area contributed by atoms with Gasteiger partial charge in [0.15, 0.2) is 0 Å². The van der Waals surface area contributed by atoms with Crippen LogP contribution in [-0.2, 0) is 32.0 Å². The molecule has 2 aliphatic rings. The van der Waals surface area contributed by atoms with E-state index in [0.717, 1.165) is 51.6 Å². The second-order valence-electron chi connectivity index (χ2n) is 19.8. The molecular weight excluding hydrogens is 942 g/mol. The number of likely N-dealkylation sites (N-methyl/N-ethyl adjacent to an activating group) is 2. The smallest absolute Gasteiger partial charge is 0.245 e. The third-order valence-electron chi connectivity index (χ3n) is 12.7. The minimum atomic E-state index is -0.644. The van der Waals surface area contributed by atoms with Crippen LogP contribution < -0.4 is 21.3 Å². The molecule has 4 N–H and O–H groups in total. The molecule has 2 saturated heterocycles. The maximum Gasteiger partial charge on any atom is 0.245 e. The van der Waals surface area contributed by atoms with Gasteiger partial charge in [0.05, 0.1) is 25.2 Å². The lowest BCUT2D eigenvalue weighted by Crippen LogP contribution is -2.59. The Labute approximate surface area is 434 Å². The molecular formula is C52H82Cl4N8O4. The van der Waals surface area contributed by atoms with E-state index >= 15 is 0 Å². The van der Waals surface area contributed by atoms with Crippen LogP contribution in [0.1, 0.15) is 92.2 Å². The Bertz CT molecular complexity index is 1800. The molecule has 4 amide bonds. The second kappa shape index (κ2) is 31.6. The van der Waals surface area contributed by atoms with Gasteiger partial charge in [-0.1, -0.05) is 114 Å². The van der Waals surface area contributed by atoms with Gasteiger partial charge in [-0.05, 0) is 100 Å². The number of carbonyl (C=O) groups excluding carboxylic acids is 4. The van der Waals surface area contributed by atoms with E-state index in [9.17, 15) is 19.2 Å². The lowest BCUT2D eigenvalue weighted by atomic mass is 9.85. The number of benzene rings is 2. The Morgan fingerprint density at radius 2 is 0.941 bits per heavy atom. The molecule has 2 fully saturated rings. The van der Waals surface area contributed by atoms with Crippen molar-refractivity contribution in [2.75, 3.05) is 66.5 Å². The topological polar surface area (TPSA) is 129 Å². The summed E-state index contributed by atoms with van der Waals surface area (Å²) >= 11 is 0. The standard InChI is InChI=1S/C52H78N8O4.4ClH/c1-39(53-9)47(61)55-45(51(3,4)5)49(63)59-33-21-27-43(59)37-57(35-29-41-23-15-13-16-24-41)31-19-11-12-20-32-58(36-30-42-25-17-14-18-26-42)38-44-28-22-34-60(44)50(64)46(52(6,7)8)56-48(62)40(2)54-10;;;;/h13-18,23-26,39-40,43-46,53-54H,21-22,27-38H2,1-10H3,(H,55,61)(H,56,62);4*1H/t39-,40-,43-,44-,45+,46+;;;;/m0..../s1. The lowest BCUT2D eigenvalue weighted by molar-refractivity contribution is -0.141. The minimum Gasteiger partial charge on any atom is -0.342 e. The van der Waals surface area contributed by atoms with Gasteiger partial charge in [-0.25, -0.2) is 0 Å². The fourth-order valence-electron chi connectivity index (χ4n) is 8.38. The summed E-state index contributed by atoms with van der Waals surface area (Å²) in [5.41, 5.74) is 1.56. The summed E-state index contributed by atoms with van der Waals surface area (Å²) in [7, 11) is 3.48. The van der Waals surface area contributed by atoms with Gasteiger partial charge in [0.1, 0.15) is 12.1 Å². The number of carbonyl (C=O) groups is 4. The first-order valence-corrected chi connectivity index (χ1v) is 23.5. The van der Waals surface area contributed by atoms with E-state index in [-0.39, 0.29) is 85.3 Å². The number of nitrogens with one attached hydrogen (secondary N) is 4. The highest BCUT2D eigenvalue weighted by Gasteiger charge is 2.42. The zero-order chi connectivity index (χ0) is 46.9. The van der Waals surface area contributed by atoms with Crippen molar-refractivity contribution in [2.45, 2.75) is 130 Å². The van der Waals surface area contributed by atoms with Crippen LogP contribution >= 0.6 is 49.6 Å². The Balaban J connectivity index is 0.0000112. The molecule has 0 radical (unpaired) electrons. The second-order valence-corrected chi connectivity index (χ2v) is 19.8. The summed E-state index contributed by atoms with van der Waals surface area (Å²) in [5.74, 6) is 12.5. The number of amides is 4. The van der Waals surface area contributed by atoms with Gasteiger partial charge in [-0.3, -0.25) is 29.0 Å². The summed E-state index contributed by atoms with van der Waals surface area (Å²) in [6.07, 6.45) is 5.31. The molecule has 2 aromatic rings. The van der Waals surface area contributed by atoms with Gasteiger partial charge >= 0.3 is 0 Å². The van der Waals surface area contributed by atoms with E-state index in [4.69, 9.17) is 0 Å². The van der Waals surface area contributed by atoms with Crippen LogP contribution in [0.2, 0.25) is 0 Å². The van der Waals surface area contributed by atoms with Crippen molar-refractivity contribution < 1.29 is 19.2 Å². The molecule has 0 aliphatic carbocycles. The first-order valence-electron chi connectivity index (χ1n) is 23.5. The van der Waals surface area contributed by atoms with Crippen LogP contribution in [0.4, 0.5) is 0 Å². The predicted octanol–water partition coefficient (Wildman–Crippen LogP) is 6.03. The van der Waals surface area contributed by atoms with Gasteiger partial charge in [0.25, 0.3) is 0 Å². The van der Waals surface area contributed by atoms with E-state index in [1.165, 1.54) is 11.1 Å². The predicted molar refractivity (Wildman–Crippen MR) is 287 cm³/mol. The average Bonchev–Trinajstić information content (AvgIpc) is 3.95. The van der Waals surface area contributed by atoms with Crippen molar-refractivity contribution in [2.24, 2.45) is 10.8 Å². The van der Waals surface area contributed by atoms with E-state index < -0.39 is 35.0 Å². The van der Waals surface area contributed by atoms with Gasteiger partial charge in [0, 0.05) is 51.4 Å². The van der Waals surface area contributed by atoms with Crippen molar-refractivity contribution in [1.29, 1.82) is 0 Å². The Morgan fingerprint density at radius 1 is 0.603 bits per heavy atom. The van der Waals surface area contributed by atoms with Crippen molar-refractivity contribution >= 4 is 73.3 Å². The Morgan fingerprint density at radius 3 is 1.25 bits per heavy atom. The van der Waals surface area contributed by atoms with Crippen LogP contribution in [0.5, 0.6) is 0 Å². The van der Waals surface area contributed by atoms with Crippen molar-refractivity contribution in [3.8, 4) is 23.7 Å². The molecule has 2 aromatic carbocycles. The third kappa shape index (κ3) is 20.4. The molecule has 0 aromatic heterocycles. The Kier molecular flexibility index (Phi) is 30.0. The number of halogens is 4. The molecule has 382 valence electrons. The normalized spacial score (nSPS) is 17.3. The van der Waals surface area contributed by atoms with E-state index in [0.29, 0.717) is 39.3 Å². The van der Waals surface area contributed by atoms with Crippen LogP contribution in [0, 0.1) is 34.5 Å². The summed E-state index contributed by atoms with van der Waals surface area (Å²) in [6.45, 7) is 20.8. The monoisotopic (exact) mass is 1020 g/mol. The largest absolute Gasteiger partial charge is 0.342 e. The fraction of sp³-hybridized carbons (Fsp3) is 0.615. The van der Waals surface area contributed by atoms with E-state index in [1.54, 1.807) is 27.9 Å². The van der Waals surface area contributed by atoms with E-state index in [1.807, 2.05) is 63.5 Å². The highest BCUT2D eigenvalue weighted by molar-refractivity contribution is 5.91. The van der Waals surface area contributed by atoms with Gasteiger partial charge in [-0.15, -0.1) is 49.6 Å². The zero-order valence-corrected chi connectivity index (χ0v) is 45.5. The van der Waals surface area contributed by atoms with Crippen LogP contribution in [-0.4, -0.2) is 146 Å². The van der Waals surface area contributed by atoms with Gasteiger partial charge in [0.2, 0.25) is 23.6 Å². The summed E-state index contributed by atoms with van der Waals surface area (Å²) < 4.78 is 0. The number of hydrogen-bond acceptors (Lipinski definition) is 8. The maximum absolute atomic E-state index is 14.2. The molecule has 2 aliphatic heterocycles. The zero-order valence-electron chi connectivity index (χ0n) is 42.2. The van der Waals surface area contributed by atoms with Crippen LogP contribution in [0.3, 0.4) is 0 Å². The quantitative estimate of drug-likeness (QED) is 0.119. The highest BCUT2D eigenvalue weighted by atomic mass is 35.5. The van der Waals surface area contributed by atoms with Crippen LogP contribution in [0.15, 0.2) is 60.7 Å². The third-order valence-corrected chi connectivity index (χ3v) is 12.7. The molecule has 4 rings (SSSR count). The first-order chi connectivity index (χ1) is 30.4. The maximum atomic E-state index is 14.2. The molecule has 68 heavy (non-hydrogen) atoms. The SMILES string of the molecule is CN[C@@H](C)C(=O)N[C@H](C(=O)N1CCC[C@H]1CN(CC#CC#CCN(CCc1ccccc1)C[C@@H]1CCCN1C(=O)[C@@H](NC(=O)[C@H](C)NC)C(C)(C)C)CCc1ccccc1)C(C)(C)C.Cl.Cl.Cl.Cl. The Hall–Kier alpha value is -3.56. The summed E-state index contributed by atoms with van der Waals surface area (Å²) in [4.78, 5) is 63.0. The molecule has 16 heteroatoms. The highest BCUT2D eigenvalue weighted by Crippen LogP contribution is 2.28. The molecule has 0 bridgehead atoms. The number of rotatable bonds is 20. The van der Waals surface area contributed by atoms with Gasteiger partial charge in [-0.2, -0.15) is 0 Å². The molecule has 6 atom stereocenters. The van der Waals surface area contributed by atoms with Crippen LogP contribution in [0.25, 0.3) is 0 Å². The molecule has 0 unspecified atom stereocenters. The minimum absolute atomic E-state index is 0. The molecule has 12 nitrogen and oxygen atoms in total. The number of likely N-dealkylation sites (tertiary alicyclic amines) is 2. The average molecular weight is 1030 g/mol. The molecule has 0 saturated carbocycles. The summed E-state index contributed by atoms with van der Waals surface area (Å²) in [5, 5.41) is 12.1.